The number of rotatable bonds is 9. The maximum Gasteiger partial charge on any atom is 0.343 e. The number of esters is 2. The number of hydrogen-bond acceptors (Lipinski definition) is 8. The largest absolute Gasteiger partial charge is 0.493 e. The predicted molar refractivity (Wildman–Crippen MR) is 163 cm³/mol. The molecular formula is C35H35NO7. The van der Waals surface area contributed by atoms with Gasteiger partial charge in [-0.1, -0.05) is 35.4 Å². The molecule has 0 fully saturated rings. The van der Waals surface area contributed by atoms with Crippen LogP contribution in [0.4, 0.5) is 0 Å². The van der Waals surface area contributed by atoms with Crippen LogP contribution in [0.5, 0.6) is 28.7 Å². The zero-order chi connectivity index (χ0) is 30.5. The van der Waals surface area contributed by atoms with E-state index in [0.717, 1.165) is 34.4 Å². The number of carbonyl (C=O) groups excluding carboxylic acids is 2. The lowest BCUT2D eigenvalue weighted by Gasteiger charge is -2.28. The summed E-state index contributed by atoms with van der Waals surface area (Å²) in [6.45, 7) is 4.61. The van der Waals surface area contributed by atoms with Gasteiger partial charge in [0.15, 0.2) is 23.0 Å². The Kier molecular flexibility index (Phi) is 8.97. The molecular weight excluding hydrogens is 546 g/mol. The van der Waals surface area contributed by atoms with Gasteiger partial charge in [-0.05, 0) is 98.5 Å². The van der Waals surface area contributed by atoms with Crippen LogP contribution in [0.2, 0.25) is 0 Å². The maximum absolute atomic E-state index is 13.2. The van der Waals surface area contributed by atoms with Crippen molar-refractivity contribution in [2.75, 3.05) is 27.9 Å². The van der Waals surface area contributed by atoms with Crippen molar-refractivity contribution >= 4 is 11.9 Å². The average Bonchev–Trinajstić information content (AvgIpc) is 3.01. The Morgan fingerprint density at radius 3 is 1.70 bits per heavy atom. The Hall–Kier alpha value is -4.82. The number of methoxy groups -OCH3 is 3. The Morgan fingerprint density at radius 2 is 1.21 bits per heavy atom. The molecule has 0 radical (unpaired) electrons. The zero-order valence-corrected chi connectivity index (χ0v) is 25.0. The van der Waals surface area contributed by atoms with Crippen LogP contribution in [0, 0.1) is 13.8 Å². The molecule has 1 atom stereocenters. The van der Waals surface area contributed by atoms with E-state index >= 15 is 0 Å². The first-order valence-electron chi connectivity index (χ1n) is 14.1. The van der Waals surface area contributed by atoms with Crippen molar-refractivity contribution in [3.8, 4) is 28.7 Å². The molecule has 0 saturated heterocycles. The van der Waals surface area contributed by atoms with E-state index in [-0.39, 0.29) is 17.5 Å². The van der Waals surface area contributed by atoms with Gasteiger partial charge in [0.25, 0.3) is 0 Å². The van der Waals surface area contributed by atoms with Crippen LogP contribution in [-0.2, 0) is 12.8 Å². The number of benzene rings is 4. The summed E-state index contributed by atoms with van der Waals surface area (Å²) in [5, 5.41) is 3.58. The highest BCUT2D eigenvalue weighted by Gasteiger charge is 2.26. The van der Waals surface area contributed by atoms with Crippen LogP contribution in [0.3, 0.4) is 0 Å². The standard InChI is InChI=1S/C35H35NO7/c1-21-6-10-24(11-7-21)34(37)42-29-19-26-14-15-36-28(16-23-17-31(39-3)33(41-5)32(18-23)40-4)27(26)20-30(29)43-35(38)25-12-8-22(2)9-13-25/h6-13,17-20,28,36H,14-16H2,1-5H3. The molecule has 5 rings (SSSR count). The summed E-state index contributed by atoms with van der Waals surface area (Å²) in [6.07, 6.45) is 1.31. The average molecular weight is 582 g/mol. The fourth-order valence-corrected chi connectivity index (χ4v) is 5.18. The third kappa shape index (κ3) is 6.65. The molecule has 1 unspecified atom stereocenters. The molecule has 222 valence electrons. The molecule has 4 aromatic rings. The summed E-state index contributed by atoms with van der Waals surface area (Å²) in [6, 6.07) is 21.6. The van der Waals surface area contributed by atoms with Crippen LogP contribution >= 0.6 is 0 Å². The minimum absolute atomic E-state index is 0.120. The normalized spacial score (nSPS) is 13.9. The van der Waals surface area contributed by atoms with Crippen molar-refractivity contribution in [2.45, 2.75) is 32.7 Å². The van der Waals surface area contributed by atoms with E-state index in [1.165, 1.54) is 0 Å². The second-order valence-electron chi connectivity index (χ2n) is 10.5. The molecule has 0 spiro atoms. The van der Waals surface area contributed by atoms with Gasteiger partial charge in [0.2, 0.25) is 5.75 Å². The minimum atomic E-state index is -0.544. The molecule has 0 aliphatic carbocycles. The van der Waals surface area contributed by atoms with Gasteiger partial charge in [-0.3, -0.25) is 0 Å². The molecule has 0 aromatic heterocycles. The summed E-state index contributed by atoms with van der Waals surface area (Å²) >= 11 is 0. The van der Waals surface area contributed by atoms with Gasteiger partial charge in [0.05, 0.1) is 32.5 Å². The van der Waals surface area contributed by atoms with Gasteiger partial charge in [-0.2, -0.15) is 0 Å². The van der Waals surface area contributed by atoms with Crippen LogP contribution in [0.15, 0.2) is 72.8 Å². The molecule has 1 N–H and O–H groups in total. The van der Waals surface area contributed by atoms with Crippen LogP contribution < -0.4 is 29.0 Å². The molecule has 0 bridgehead atoms. The third-order valence-corrected chi connectivity index (χ3v) is 7.51. The van der Waals surface area contributed by atoms with Gasteiger partial charge in [0, 0.05) is 6.04 Å². The van der Waals surface area contributed by atoms with Gasteiger partial charge in [-0.15, -0.1) is 0 Å². The molecule has 1 aliphatic heterocycles. The van der Waals surface area contributed by atoms with Crippen molar-refractivity contribution in [1.82, 2.24) is 5.32 Å². The topological polar surface area (TPSA) is 92.3 Å². The second-order valence-corrected chi connectivity index (χ2v) is 10.5. The third-order valence-electron chi connectivity index (χ3n) is 7.51. The van der Waals surface area contributed by atoms with Gasteiger partial charge < -0.3 is 29.0 Å². The van der Waals surface area contributed by atoms with Crippen molar-refractivity contribution in [3.05, 3.63) is 112 Å². The highest BCUT2D eigenvalue weighted by atomic mass is 16.6. The van der Waals surface area contributed by atoms with E-state index < -0.39 is 11.9 Å². The van der Waals surface area contributed by atoms with E-state index in [2.05, 4.69) is 5.32 Å². The number of carbonyl (C=O) groups is 2. The first kappa shape index (κ1) is 29.7. The number of hydrogen-bond donors (Lipinski definition) is 1. The number of aryl methyl sites for hydroxylation is 2. The molecule has 0 amide bonds. The van der Waals surface area contributed by atoms with E-state index in [9.17, 15) is 9.59 Å². The number of ether oxygens (including phenoxy) is 5. The van der Waals surface area contributed by atoms with Crippen molar-refractivity contribution in [3.63, 3.8) is 0 Å². The van der Waals surface area contributed by atoms with Crippen molar-refractivity contribution < 1.29 is 33.3 Å². The fraction of sp³-hybridized carbons (Fsp3) is 0.257. The fourth-order valence-electron chi connectivity index (χ4n) is 5.18. The summed E-state index contributed by atoms with van der Waals surface area (Å²) < 4.78 is 28.3. The lowest BCUT2D eigenvalue weighted by Crippen LogP contribution is -2.31. The smallest absolute Gasteiger partial charge is 0.343 e. The Morgan fingerprint density at radius 1 is 0.698 bits per heavy atom. The molecule has 8 nitrogen and oxygen atoms in total. The number of fused-ring (bicyclic) bond motifs is 1. The van der Waals surface area contributed by atoms with Crippen LogP contribution in [0.1, 0.15) is 54.6 Å². The van der Waals surface area contributed by atoms with Crippen molar-refractivity contribution in [2.24, 2.45) is 0 Å². The second kappa shape index (κ2) is 13.0. The van der Waals surface area contributed by atoms with E-state index in [4.69, 9.17) is 23.7 Å². The molecule has 43 heavy (non-hydrogen) atoms. The SMILES string of the molecule is COc1cc(CC2NCCc3cc(OC(=O)c4ccc(C)cc4)c(OC(=O)c4ccc(C)cc4)cc32)cc(OC)c1OC. The summed E-state index contributed by atoms with van der Waals surface area (Å²) in [7, 11) is 4.74. The quantitative estimate of drug-likeness (QED) is 0.185. The highest BCUT2D eigenvalue weighted by molar-refractivity contribution is 5.93. The van der Waals surface area contributed by atoms with Crippen molar-refractivity contribution in [1.29, 1.82) is 0 Å². The predicted octanol–water partition coefficient (Wildman–Crippen LogP) is 6.20. The van der Waals surface area contributed by atoms with E-state index in [1.807, 2.05) is 56.3 Å². The Labute approximate surface area is 251 Å². The summed E-state index contributed by atoms with van der Waals surface area (Å²) in [4.78, 5) is 26.3. The van der Waals surface area contributed by atoms with Crippen LogP contribution in [0.25, 0.3) is 0 Å². The highest BCUT2D eigenvalue weighted by Crippen LogP contribution is 2.41. The molecule has 1 heterocycles. The van der Waals surface area contributed by atoms with Gasteiger partial charge >= 0.3 is 11.9 Å². The maximum atomic E-state index is 13.2. The Balaban J connectivity index is 1.51. The van der Waals surface area contributed by atoms with E-state index in [1.54, 1.807) is 51.7 Å². The summed E-state index contributed by atoms with van der Waals surface area (Å²) in [5.41, 5.74) is 5.77. The number of nitrogens with one attached hydrogen (secondary N) is 1. The van der Waals surface area contributed by atoms with Crippen LogP contribution in [-0.4, -0.2) is 39.8 Å². The zero-order valence-electron chi connectivity index (χ0n) is 25.0. The lowest BCUT2D eigenvalue weighted by atomic mass is 9.89. The Bertz CT molecular complexity index is 1600. The van der Waals surface area contributed by atoms with E-state index in [0.29, 0.717) is 41.2 Å². The molecule has 8 heteroatoms. The monoisotopic (exact) mass is 581 g/mol. The first-order chi connectivity index (χ1) is 20.8. The molecule has 4 aromatic carbocycles. The molecule has 1 aliphatic rings. The molecule has 0 saturated carbocycles. The summed E-state index contributed by atoms with van der Waals surface area (Å²) in [5.74, 6) is 0.948. The first-order valence-corrected chi connectivity index (χ1v) is 14.1. The van der Waals surface area contributed by atoms with Gasteiger partial charge in [-0.25, -0.2) is 9.59 Å². The minimum Gasteiger partial charge on any atom is -0.493 e. The van der Waals surface area contributed by atoms with Gasteiger partial charge in [0.1, 0.15) is 0 Å². The lowest BCUT2D eigenvalue weighted by molar-refractivity contribution is 0.0682.